The molecule has 0 radical (unpaired) electrons. The normalized spacial score (nSPS) is 14.1. The van der Waals surface area contributed by atoms with E-state index in [4.69, 9.17) is 9.47 Å². The first-order valence-corrected chi connectivity index (χ1v) is 10.4. The van der Waals surface area contributed by atoms with Gasteiger partial charge in [0.1, 0.15) is 23.7 Å². The summed E-state index contributed by atoms with van der Waals surface area (Å²) in [6.45, 7) is 7.91. The van der Waals surface area contributed by atoms with Crippen LogP contribution in [0.2, 0.25) is 0 Å². The molecule has 0 saturated carbocycles. The Kier molecular flexibility index (Phi) is 5.62. The van der Waals surface area contributed by atoms with Gasteiger partial charge in [-0.3, -0.25) is 4.79 Å². The summed E-state index contributed by atoms with van der Waals surface area (Å²) in [5.41, 5.74) is 2.16. The van der Waals surface area contributed by atoms with Gasteiger partial charge in [-0.1, -0.05) is 12.1 Å². The Morgan fingerprint density at radius 2 is 2.03 bits per heavy atom. The third-order valence-corrected chi connectivity index (χ3v) is 5.36. The second kappa shape index (κ2) is 8.26. The number of benzene rings is 2. The van der Waals surface area contributed by atoms with Crippen molar-refractivity contribution in [2.24, 2.45) is 0 Å². The lowest BCUT2D eigenvalue weighted by Crippen LogP contribution is -2.29. The number of carbonyl (C=O) groups is 1. The number of aryl methyl sites for hydroxylation is 1. The van der Waals surface area contributed by atoms with Crippen LogP contribution < -0.4 is 14.8 Å². The van der Waals surface area contributed by atoms with Crippen LogP contribution in [0.15, 0.2) is 36.4 Å². The standard InChI is InChI=1S/C24H25F2N3O3/c1-14-21(15(2)29(28-14)19-9-8-17(25)12-18(19)26)23(30)27-10-11-31-20-7-5-6-16-13-24(3,4)32-22(16)20/h5-9,12H,10-11,13H2,1-4H3,(H,27,30). The van der Waals surface area contributed by atoms with E-state index in [1.165, 1.54) is 10.7 Å². The Labute approximate surface area is 185 Å². The fraction of sp³-hybridized carbons (Fsp3) is 0.333. The van der Waals surface area contributed by atoms with Gasteiger partial charge in [0.05, 0.1) is 23.5 Å². The van der Waals surface area contributed by atoms with Gasteiger partial charge in [-0.25, -0.2) is 13.5 Å². The molecule has 0 unspecified atom stereocenters. The molecule has 2 aromatic carbocycles. The average molecular weight is 441 g/mol. The minimum Gasteiger partial charge on any atom is -0.488 e. The Morgan fingerprint density at radius 3 is 2.78 bits per heavy atom. The van der Waals surface area contributed by atoms with Crippen molar-refractivity contribution in [3.05, 3.63) is 70.5 Å². The number of fused-ring (bicyclic) bond motifs is 1. The summed E-state index contributed by atoms with van der Waals surface area (Å²) in [5.74, 6) is -0.374. The Morgan fingerprint density at radius 1 is 1.25 bits per heavy atom. The van der Waals surface area contributed by atoms with E-state index in [9.17, 15) is 13.6 Å². The van der Waals surface area contributed by atoms with Gasteiger partial charge in [-0.05, 0) is 45.9 Å². The number of nitrogens with zero attached hydrogens (tertiary/aromatic N) is 2. The SMILES string of the molecule is Cc1nn(-c2ccc(F)cc2F)c(C)c1C(=O)NCCOc1cccc2c1OC(C)(C)C2. The van der Waals surface area contributed by atoms with Crippen molar-refractivity contribution >= 4 is 5.91 Å². The molecule has 168 valence electrons. The van der Waals surface area contributed by atoms with Crippen molar-refractivity contribution in [2.75, 3.05) is 13.2 Å². The van der Waals surface area contributed by atoms with Crippen LogP contribution in [0.4, 0.5) is 8.78 Å². The Balaban J connectivity index is 1.41. The molecule has 1 aliphatic heterocycles. The third-order valence-electron chi connectivity index (χ3n) is 5.36. The van der Waals surface area contributed by atoms with Gasteiger partial charge in [0, 0.05) is 18.1 Å². The van der Waals surface area contributed by atoms with Gasteiger partial charge in [-0.2, -0.15) is 5.10 Å². The van der Waals surface area contributed by atoms with Crippen molar-refractivity contribution in [1.82, 2.24) is 15.1 Å². The minimum atomic E-state index is -0.753. The highest BCUT2D eigenvalue weighted by Gasteiger charge is 2.32. The lowest BCUT2D eigenvalue weighted by atomic mass is 10.0. The molecular weight excluding hydrogens is 416 g/mol. The highest BCUT2D eigenvalue weighted by atomic mass is 19.1. The van der Waals surface area contributed by atoms with Crippen molar-refractivity contribution in [2.45, 2.75) is 39.7 Å². The number of aromatic nitrogens is 2. The molecule has 1 aromatic heterocycles. The van der Waals surface area contributed by atoms with Crippen LogP contribution in [0, 0.1) is 25.5 Å². The number of rotatable bonds is 6. The molecule has 3 aromatic rings. The summed E-state index contributed by atoms with van der Waals surface area (Å²) < 4.78 is 40.6. The van der Waals surface area contributed by atoms with Crippen LogP contribution in [0.1, 0.15) is 41.2 Å². The number of para-hydroxylation sites is 1. The summed E-state index contributed by atoms with van der Waals surface area (Å²) in [5, 5.41) is 7.08. The third kappa shape index (κ3) is 4.17. The molecule has 0 bridgehead atoms. The molecule has 1 amide bonds. The summed E-state index contributed by atoms with van der Waals surface area (Å²) >= 11 is 0. The van der Waals surface area contributed by atoms with Gasteiger partial charge in [0.2, 0.25) is 0 Å². The van der Waals surface area contributed by atoms with E-state index in [1.54, 1.807) is 13.8 Å². The minimum absolute atomic E-state index is 0.0789. The largest absolute Gasteiger partial charge is 0.488 e. The highest BCUT2D eigenvalue weighted by molar-refractivity contribution is 5.96. The Bertz CT molecular complexity index is 1190. The zero-order chi connectivity index (χ0) is 23.0. The number of ether oxygens (including phenoxy) is 2. The van der Waals surface area contributed by atoms with Crippen LogP contribution in [-0.4, -0.2) is 34.4 Å². The average Bonchev–Trinajstić information content (AvgIpc) is 3.19. The van der Waals surface area contributed by atoms with Crippen LogP contribution in [0.3, 0.4) is 0 Å². The van der Waals surface area contributed by atoms with Gasteiger partial charge in [0.15, 0.2) is 17.3 Å². The van der Waals surface area contributed by atoms with Crippen molar-refractivity contribution < 1.29 is 23.0 Å². The van der Waals surface area contributed by atoms with E-state index in [1.807, 2.05) is 32.0 Å². The lowest BCUT2D eigenvalue weighted by molar-refractivity contribution is 0.0945. The van der Waals surface area contributed by atoms with E-state index in [0.29, 0.717) is 22.7 Å². The molecule has 0 aliphatic carbocycles. The summed E-state index contributed by atoms with van der Waals surface area (Å²) in [6.07, 6.45) is 0.813. The number of amides is 1. The van der Waals surface area contributed by atoms with Gasteiger partial charge in [0.25, 0.3) is 5.91 Å². The quantitative estimate of drug-likeness (QED) is 0.580. The Hall–Kier alpha value is -3.42. The van der Waals surface area contributed by atoms with Crippen LogP contribution >= 0.6 is 0 Å². The molecule has 0 saturated heterocycles. The molecule has 2 heterocycles. The number of hydrogen-bond donors (Lipinski definition) is 1. The first-order chi connectivity index (χ1) is 15.2. The molecule has 4 rings (SSSR count). The maximum Gasteiger partial charge on any atom is 0.255 e. The van der Waals surface area contributed by atoms with Gasteiger partial charge >= 0.3 is 0 Å². The predicted molar refractivity (Wildman–Crippen MR) is 116 cm³/mol. The highest BCUT2D eigenvalue weighted by Crippen LogP contribution is 2.41. The molecular formula is C24H25F2N3O3. The molecule has 0 spiro atoms. The number of nitrogens with one attached hydrogen (secondary N) is 1. The first-order valence-electron chi connectivity index (χ1n) is 10.4. The van der Waals surface area contributed by atoms with Crippen LogP contribution in [0.5, 0.6) is 11.5 Å². The van der Waals surface area contributed by atoms with Gasteiger partial charge in [-0.15, -0.1) is 0 Å². The number of carbonyl (C=O) groups excluding carboxylic acids is 1. The fourth-order valence-electron chi connectivity index (χ4n) is 3.97. The lowest BCUT2D eigenvalue weighted by Gasteiger charge is -2.18. The zero-order valence-electron chi connectivity index (χ0n) is 18.5. The maximum atomic E-state index is 14.2. The molecule has 1 aliphatic rings. The summed E-state index contributed by atoms with van der Waals surface area (Å²) in [4.78, 5) is 12.8. The molecule has 0 fully saturated rings. The van der Waals surface area contributed by atoms with E-state index in [0.717, 1.165) is 29.9 Å². The van der Waals surface area contributed by atoms with E-state index in [-0.39, 0.29) is 30.3 Å². The molecule has 1 N–H and O–H groups in total. The second-order valence-electron chi connectivity index (χ2n) is 8.44. The van der Waals surface area contributed by atoms with Crippen LogP contribution in [0.25, 0.3) is 5.69 Å². The zero-order valence-corrected chi connectivity index (χ0v) is 18.5. The molecule has 0 atom stereocenters. The second-order valence-corrected chi connectivity index (χ2v) is 8.44. The number of halogens is 2. The molecule has 32 heavy (non-hydrogen) atoms. The summed E-state index contributed by atoms with van der Waals surface area (Å²) in [6, 6.07) is 9.02. The maximum absolute atomic E-state index is 14.2. The van der Waals surface area contributed by atoms with Crippen molar-refractivity contribution in [3.8, 4) is 17.2 Å². The van der Waals surface area contributed by atoms with Crippen LogP contribution in [-0.2, 0) is 6.42 Å². The van der Waals surface area contributed by atoms with E-state index < -0.39 is 11.6 Å². The monoisotopic (exact) mass is 441 g/mol. The van der Waals surface area contributed by atoms with Crippen molar-refractivity contribution in [3.63, 3.8) is 0 Å². The molecule has 8 heteroatoms. The van der Waals surface area contributed by atoms with E-state index >= 15 is 0 Å². The topological polar surface area (TPSA) is 65.4 Å². The summed E-state index contributed by atoms with van der Waals surface area (Å²) in [7, 11) is 0. The number of hydrogen-bond acceptors (Lipinski definition) is 4. The molecule has 6 nitrogen and oxygen atoms in total. The van der Waals surface area contributed by atoms with E-state index in [2.05, 4.69) is 10.4 Å². The predicted octanol–water partition coefficient (Wildman–Crippen LogP) is 4.29. The van der Waals surface area contributed by atoms with Crippen molar-refractivity contribution in [1.29, 1.82) is 0 Å². The smallest absolute Gasteiger partial charge is 0.255 e. The fourth-order valence-corrected chi connectivity index (χ4v) is 3.97. The van der Waals surface area contributed by atoms with Gasteiger partial charge < -0.3 is 14.8 Å². The first kappa shape index (κ1) is 21.8.